The first-order valence-electron chi connectivity index (χ1n) is 6.90. The van der Waals surface area contributed by atoms with Crippen LogP contribution in [-0.4, -0.2) is 6.04 Å². The highest BCUT2D eigenvalue weighted by molar-refractivity contribution is 14.1. The molecule has 0 saturated heterocycles. The molecule has 0 radical (unpaired) electrons. The maximum atomic E-state index is 5.99. The van der Waals surface area contributed by atoms with Crippen molar-refractivity contribution in [1.82, 2.24) is 0 Å². The second kappa shape index (κ2) is 5.94. The molecular formula is C17H17ClIN. The summed E-state index contributed by atoms with van der Waals surface area (Å²) in [6, 6.07) is 15.5. The Morgan fingerprint density at radius 1 is 1.15 bits per heavy atom. The number of halogens is 2. The molecule has 1 saturated carbocycles. The number of hydrogen-bond donors (Lipinski definition) is 1. The van der Waals surface area contributed by atoms with Crippen molar-refractivity contribution in [3.05, 3.63) is 62.2 Å². The van der Waals surface area contributed by atoms with Crippen molar-refractivity contribution in [3.63, 3.8) is 0 Å². The topological polar surface area (TPSA) is 12.0 Å². The van der Waals surface area contributed by atoms with Crippen molar-refractivity contribution in [1.29, 1.82) is 0 Å². The smallest absolute Gasteiger partial charge is 0.0479 e. The van der Waals surface area contributed by atoms with Crippen LogP contribution >= 0.6 is 34.2 Å². The molecule has 1 fully saturated rings. The molecule has 1 nitrogen and oxygen atoms in total. The van der Waals surface area contributed by atoms with Crippen LogP contribution in [0.2, 0.25) is 5.02 Å². The van der Waals surface area contributed by atoms with Gasteiger partial charge in [0, 0.05) is 20.3 Å². The Morgan fingerprint density at radius 3 is 2.65 bits per heavy atom. The summed E-state index contributed by atoms with van der Waals surface area (Å²) < 4.78 is 1.19. The first-order valence-corrected chi connectivity index (χ1v) is 8.35. The van der Waals surface area contributed by atoms with Crippen molar-refractivity contribution in [2.24, 2.45) is 0 Å². The first kappa shape index (κ1) is 14.2. The van der Waals surface area contributed by atoms with E-state index in [0.717, 1.165) is 5.02 Å². The number of hydrogen-bond acceptors (Lipinski definition) is 1. The summed E-state index contributed by atoms with van der Waals surface area (Å²) in [5.41, 5.74) is 4.03. The first-order chi connectivity index (χ1) is 9.61. The summed E-state index contributed by atoms with van der Waals surface area (Å²) in [4.78, 5) is 0. The van der Waals surface area contributed by atoms with Crippen molar-refractivity contribution in [3.8, 4) is 0 Å². The second-order valence-corrected chi connectivity index (χ2v) is 7.15. The number of aryl methyl sites for hydroxylation is 1. The molecule has 0 spiro atoms. The molecule has 104 valence electrons. The van der Waals surface area contributed by atoms with Crippen molar-refractivity contribution >= 4 is 39.9 Å². The maximum absolute atomic E-state index is 5.99. The molecule has 20 heavy (non-hydrogen) atoms. The summed E-state index contributed by atoms with van der Waals surface area (Å²) in [6.07, 6.45) is 2.42. The number of rotatable bonds is 3. The molecular weight excluding hydrogens is 381 g/mol. The highest BCUT2D eigenvalue weighted by atomic mass is 127. The minimum absolute atomic E-state index is 0.579. The van der Waals surface area contributed by atoms with E-state index in [9.17, 15) is 0 Å². The third-order valence-corrected chi connectivity index (χ3v) is 5.07. The Kier molecular flexibility index (Phi) is 4.22. The van der Waals surface area contributed by atoms with Gasteiger partial charge in [0.25, 0.3) is 0 Å². The molecule has 2 aromatic carbocycles. The van der Waals surface area contributed by atoms with Crippen LogP contribution in [0, 0.1) is 10.5 Å². The standard InChI is InChI=1S/C17H17ClIN/c1-11-3-2-4-12(7-11)13-8-15(9-13)20-17-6-5-14(18)10-16(17)19/h2-7,10,13,15,20H,8-9H2,1H3. The van der Waals surface area contributed by atoms with Crippen LogP contribution in [-0.2, 0) is 0 Å². The van der Waals surface area contributed by atoms with Gasteiger partial charge in [0.05, 0.1) is 0 Å². The fourth-order valence-corrected chi connectivity index (χ4v) is 3.79. The Morgan fingerprint density at radius 2 is 1.95 bits per heavy atom. The van der Waals surface area contributed by atoms with Gasteiger partial charge in [-0.1, -0.05) is 41.4 Å². The van der Waals surface area contributed by atoms with E-state index >= 15 is 0 Å². The average Bonchev–Trinajstić information content (AvgIpc) is 2.35. The van der Waals surface area contributed by atoms with E-state index in [1.807, 2.05) is 12.1 Å². The second-order valence-electron chi connectivity index (χ2n) is 5.55. The minimum Gasteiger partial charge on any atom is -0.381 e. The van der Waals surface area contributed by atoms with Gasteiger partial charge < -0.3 is 5.32 Å². The lowest BCUT2D eigenvalue weighted by Crippen LogP contribution is -2.34. The lowest BCUT2D eigenvalue weighted by atomic mass is 9.75. The lowest BCUT2D eigenvalue weighted by Gasteiger charge is -2.37. The molecule has 0 bridgehead atoms. The highest BCUT2D eigenvalue weighted by Gasteiger charge is 2.30. The van der Waals surface area contributed by atoms with Crippen LogP contribution in [0.1, 0.15) is 29.9 Å². The van der Waals surface area contributed by atoms with Gasteiger partial charge in [-0.3, -0.25) is 0 Å². The molecule has 0 amide bonds. The Labute approximate surface area is 138 Å². The number of anilines is 1. The van der Waals surface area contributed by atoms with E-state index in [1.54, 1.807) is 0 Å². The summed E-state index contributed by atoms with van der Waals surface area (Å²) in [6.45, 7) is 2.16. The molecule has 0 atom stereocenters. The Bertz CT molecular complexity index is 620. The summed E-state index contributed by atoms with van der Waals surface area (Å²) >= 11 is 8.32. The third-order valence-electron chi connectivity index (χ3n) is 3.94. The summed E-state index contributed by atoms with van der Waals surface area (Å²) in [7, 11) is 0. The minimum atomic E-state index is 0.579. The molecule has 1 N–H and O–H groups in total. The van der Waals surface area contributed by atoms with Gasteiger partial charge in [0.2, 0.25) is 0 Å². The third kappa shape index (κ3) is 3.12. The Hall–Kier alpha value is -0.740. The van der Waals surface area contributed by atoms with E-state index in [2.05, 4.69) is 65.2 Å². The molecule has 2 aromatic rings. The predicted octanol–water partition coefficient (Wildman–Crippen LogP) is 5.61. The van der Waals surface area contributed by atoms with Crippen LogP contribution in [0.5, 0.6) is 0 Å². The molecule has 0 aromatic heterocycles. The molecule has 1 aliphatic rings. The van der Waals surface area contributed by atoms with Gasteiger partial charge >= 0.3 is 0 Å². The van der Waals surface area contributed by atoms with Crippen molar-refractivity contribution in [2.45, 2.75) is 31.7 Å². The van der Waals surface area contributed by atoms with Crippen LogP contribution in [0.25, 0.3) is 0 Å². The van der Waals surface area contributed by atoms with Gasteiger partial charge in [-0.25, -0.2) is 0 Å². The molecule has 1 aliphatic carbocycles. The Balaban J connectivity index is 1.61. The van der Waals surface area contributed by atoms with E-state index in [1.165, 1.54) is 33.2 Å². The zero-order valence-electron chi connectivity index (χ0n) is 11.4. The molecule has 0 aliphatic heterocycles. The van der Waals surface area contributed by atoms with Crippen molar-refractivity contribution < 1.29 is 0 Å². The van der Waals surface area contributed by atoms with Gasteiger partial charge in [-0.05, 0) is 72.0 Å². The molecule has 0 unspecified atom stereocenters. The molecule has 3 rings (SSSR count). The summed E-state index contributed by atoms with van der Waals surface area (Å²) in [5.74, 6) is 0.706. The van der Waals surface area contributed by atoms with E-state index < -0.39 is 0 Å². The SMILES string of the molecule is Cc1cccc(C2CC(Nc3ccc(Cl)cc3I)C2)c1. The van der Waals surface area contributed by atoms with Crippen LogP contribution in [0.4, 0.5) is 5.69 Å². The molecule has 3 heteroatoms. The lowest BCUT2D eigenvalue weighted by molar-refractivity contribution is 0.374. The highest BCUT2D eigenvalue weighted by Crippen LogP contribution is 2.39. The van der Waals surface area contributed by atoms with E-state index in [4.69, 9.17) is 11.6 Å². The maximum Gasteiger partial charge on any atom is 0.0479 e. The average molecular weight is 398 g/mol. The van der Waals surface area contributed by atoms with Crippen LogP contribution in [0.3, 0.4) is 0 Å². The fourth-order valence-electron chi connectivity index (χ4n) is 2.76. The zero-order chi connectivity index (χ0) is 14.1. The molecule has 0 heterocycles. The zero-order valence-corrected chi connectivity index (χ0v) is 14.3. The monoisotopic (exact) mass is 397 g/mol. The van der Waals surface area contributed by atoms with Gasteiger partial charge in [-0.2, -0.15) is 0 Å². The number of nitrogens with one attached hydrogen (secondary N) is 1. The number of benzene rings is 2. The van der Waals surface area contributed by atoms with E-state index in [0.29, 0.717) is 12.0 Å². The van der Waals surface area contributed by atoms with E-state index in [-0.39, 0.29) is 0 Å². The summed E-state index contributed by atoms with van der Waals surface area (Å²) in [5, 5.41) is 4.42. The predicted molar refractivity (Wildman–Crippen MR) is 94.7 cm³/mol. The van der Waals surface area contributed by atoms with Crippen LogP contribution in [0.15, 0.2) is 42.5 Å². The normalized spacial score (nSPS) is 21.4. The quantitative estimate of drug-likeness (QED) is 0.664. The van der Waals surface area contributed by atoms with Gasteiger partial charge in [0.15, 0.2) is 0 Å². The van der Waals surface area contributed by atoms with Gasteiger partial charge in [-0.15, -0.1) is 0 Å². The fraction of sp³-hybridized carbons (Fsp3) is 0.294. The largest absolute Gasteiger partial charge is 0.381 e. The van der Waals surface area contributed by atoms with Crippen LogP contribution < -0.4 is 5.32 Å². The van der Waals surface area contributed by atoms with Gasteiger partial charge in [0.1, 0.15) is 0 Å². The van der Waals surface area contributed by atoms with Crippen molar-refractivity contribution in [2.75, 3.05) is 5.32 Å².